The number of alkyl carbamates (subject to hydrolysis) is 1. The molecule has 2 amide bonds. The van der Waals surface area contributed by atoms with Gasteiger partial charge in [0.25, 0.3) is 0 Å². The zero-order valence-electron chi connectivity index (χ0n) is 13.3. The summed E-state index contributed by atoms with van der Waals surface area (Å²) in [6.45, 7) is 9.92. The molecule has 0 bridgehead atoms. The van der Waals surface area contributed by atoms with Crippen molar-refractivity contribution in [3.63, 3.8) is 0 Å². The Bertz CT molecular complexity index is 348. The van der Waals surface area contributed by atoms with Gasteiger partial charge in [-0.3, -0.25) is 4.79 Å². The summed E-state index contributed by atoms with van der Waals surface area (Å²) in [6.07, 6.45) is 2.67. The number of carbonyl (C=O) groups is 2. The number of rotatable bonds is 4. The summed E-state index contributed by atoms with van der Waals surface area (Å²) in [5, 5.41) is 5.87. The predicted molar refractivity (Wildman–Crippen MR) is 78.3 cm³/mol. The fraction of sp³-hybridized carbons (Fsp3) is 0.867. The van der Waals surface area contributed by atoms with Crippen molar-refractivity contribution in [2.24, 2.45) is 11.8 Å². The molecule has 116 valence electrons. The van der Waals surface area contributed by atoms with E-state index in [4.69, 9.17) is 4.74 Å². The van der Waals surface area contributed by atoms with Crippen LogP contribution in [-0.2, 0) is 9.53 Å². The van der Waals surface area contributed by atoms with E-state index in [9.17, 15) is 9.59 Å². The third-order valence-electron chi connectivity index (χ3n) is 3.42. The van der Waals surface area contributed by atoms with Crippen molar-refractivity contribution in [2.45, 2.75) is 65.5 Å². The molecule has 20 heavy (non-hydrogen) atoms. The first-order valence-electron chi connectivity index (χ1n) is 7.46. The van der Waals surface area contributed by atoms with Crippen LogP contribution >= 0.6 is 0 Å². The van der Waals surface area contributed by atoms with E-state index in [-0.39, 0.29) is 24.0 Å². The highest BCUT2D eigenvalue weighted by molar-refractivity contribution is 5.77. The second-order valence-corrected chi connectivity index (χ2v) is 6.84. The molecular weight excluding hydrogens is 256 g/mol. The number of ether oxygens (including phenoxy) is 1. The van der Waals surface area contributed by atoms with Gasteiger partial charge in [0.05, 0.1) is 0 Å². The van der Waals surface area contributed by atoms with Crippen molar-refractivity contribution < 1.29 is 14.3 Å². The minimum atomic E-state index is -0.482. The molecule has 0 radical (unpaired) electrons. The molecule has 1 saturated carbocycles. The van der Waals surface area contributed by atoms with E-state index in [1.165, 1.54) is 0 Å². The standard InChI is InChI=1S/C15H28N2O3/c1-10(2)13(18)16-9-11-7-6-8-12(11)17-14(19)20-15(3,4)5/h10-12H,6-9H2,1-5H3,(H,16,18)(H,17,19)/t11-,12+/m0/s1. The van der Waals surface area contributed by atoms with Gasteiger partial charge in [-0.25, -0.2) is 4.79 Å². The molecule has 0 saturated heterocycles. The Hall–Kier alpha value is -1.26. The van der Waals surface area contributed by atoms with Gasteiger partial charge in [0.15, 0.2) is 0 Å². The van der Waals surface area contributed by atoms with Crippen LogP contribution in [0.1, 0.15) is 53.9 Å². The molecule has 0 aromatic rings. The monoisotopic (exact) mass is 284 g/mol. The lowest BCUT2D eigenvalue weighted by Crippen LogP contribution is -2.44. The minimum Gasteiger partial charge on any atom is -0.444 e. The van der Waals surface area contributed by atoms with Crippen LogP contribution in [0, 0.1) is 11.8 Å². The Kier molecular flexibility index (Phi) is 5.84. The van der Waals surface area contributed by atoms with Crippen LogP contribution < -0.4 is 10.6 Å². The highest BCUT2D eigenvalue weighted by atomic mass is 16.6. The number of hydrogen-bond donors (Lipinski definition) is 2. The smallest absolute Gasteiger partial charge is 0.407 e. The molecule has 0 spiro atoms. The average Bonchev–Trinajstić information content (AvgIpc) is 2.70. The summed E-state index contributed by atoms with van der Waals surface area (Å²) < 4.78 is 5.27. The summed E-state index contributed by atoms with van der Waals surface area (Å²) in [5.74, 6) is 0.354. The van der Waals surface area contributed by atoms with Gasteiger partial charge in [0.2, 0.25) is 5.91 Å². The van der Waals surface area contributed by atoms with E-state index in [0.717, 1.165) is 19.3 Å². The lowest BCUT2D eigenvalue weighted by molar-refractivity contribution is -0.124. The molecular formula is C15H28N2O3. The molecule has 5 nitrogen and oxygen atoms in total. The van der Waals surface area contributed by atoms with Gasteiger partial charge < -0.3 is 15.4 Å². The molecule has 0 unspecified atom stereocenters. The molecule has 1 rings (SSSR count). The number of hydrogen-bond acceptors (Lipinski definition) is 3. The van der Waals surface area contributed by atoms with Crippen LogP contribution in [0.2, 0.25) is 0 Å². The fourth-order valence-electron chi connectivity index (χ4n) is 2.37. The molecule has 5 heteroatoms. The number of amides is 2. The summed E-state index contributed by atoms with van der Waals surface area (Å²) in [4.78, 5) is 23.4. The summed E-state index contributed by atoms with van der Waals surface area (Å²) >= 11 is 0. The largest absolute Gasteiger partial charge is 0.444 e. The molecule has 0 aromatic carbocycles. The van der Waals surface area contributed by atoms with Gasteiger partial charge in [-0.2, -0.15) is 0 Å². The van der Waals surface area contributed by atoms with Gasteiger partial charge in [-0.05, 0) is 39.5 Å². The molecule has 0 aromatic heterocycles. The van der Waals surface area contributed by atoms with Crippen molar-refractivity contribution in [3.8, 4) is 0 Å². The lowest BCUT2D eigenvalue weighted by Gasteiger charge is -2.25. The zero-order valence-corrected chi connectivity index (χ0v) is 13.3. The van der Waals surface area contributed by atoms with Crippen LogP contribution in [-0.4, -0.2) is 30.2 Å². The Labute approximate surface area is 121 Å². The maximum Gasteiger partial charge on any atom is 0.407 e. The minimum absolute atomic E-state index is 0.00586. The van der Waals surface area contributed by atoms with Gasteiger partial charge in [0, 0.05) is 18.5 Å². The third kappa shape index (κ3) is 5.80. The second kappa shape index (κ2) is 6.95. The maximum atomic E-state index is 11.8. The Balaban J connectivity index is 2.41. The van der Waals surface area contributed by atoms with Crippen molar-refractivity contribution >= 4 is 12.0 Å². The molecule has 2 N–H and O–H groups in total. The Morgan fingerprint density at radius 1 is 1.25 bits per heavy atom. The normalized spacial score (nSPS) is 22.7. The second-order valence-electron chi connectivity index (χ2n) is 6.84. The molecule has 1 aliphatic rings. The van der Waals surface area contributed by atoms with E-state index in [1.54, 1.807) is 0 Å². The molecule has 2 atom stereocenters. The molecule has 1 fully saturated rings. The average molecular weight is 284 g/mol. The number of nitrogens with one attached hydrogen (secondary N) is 2. The number of carbonyl (C=O) groups excluding carboxylic acids is 2. The Morgan fingerprint density at radius 2 is 1.90 bits per heavy atom. The highest BCUT2D eigenvalue weighted by Crippen LogP contribution is 2.25. The van der Waals surface area contributed by atoms with Gasteiger partial charge in [0.1, 0.15) is 5.60 Å². The maximum absolute atomic E-state index is 11.8. The van der Waals surface area contributed by atoms with Crippen LogP contribution in [0.5, 0.6) is 0 Å². The summed E-state index contributed by atoms with van der Waals surface area (Å²) in [5.41, 5.74) is -0.482. The quantitative estimate of drug-likeness (QED) is 0.833. The van der Waals surface area contributed by atoms with Crippen LogP contribution in [0.25, 0.3) is 0 Å². The van der Waals surface area contributed by atoms with Gasteiger partial charge >= 0.3 is 6.09 Å². The molecule has 0 aliphatic heterocycles. The zero-order chi connectivity index (χ0) is 15.3. The summed E-state index contributed by atoms with van der Waals surface area (Å²) in [6, 6.07) is 0.0947. The van der Waals surface area contributed by atoms with Gasteiger partial charge in [-0.1, -0.05) is 20.3 Å². The fourth-order valence-corrected chi connectivity index (χ4v) is 2.37. The van der Waals surface area contributed by atoms with E-state index >= 15 is 0 Å². The SMILES string of the molecule is CC(C)C(=O)NC[C@@H]1CCC[C@H]1NC(=O)OC(C)(C)C. The highest BCUT2D eigenvalue weighted by Gasteiger charge is 2.30. The van der Waals surface area contributed by atoms with E-state index in [2.05, 4.69) is 10.6 Å². The van der Waals surface area contributed by atoms with Crippen molar-refractivity contribution in [2.75, 3.05) is 6.54 Å². The predicted octanol–water partition coefficient (Wildman–Crippen LogP) is 2.45. The lowest BCUT2D eigenvalue weighted by atomic mass is 10.0. The molecule has 0 heterocycles. The van der Waals surface area contributed by atoms with E-state index < -0.39 is 5.60 Å². The van der Waals surface area contributed by atoms with Crippen LogP contribution in [0.4, 0.5) is 4.79 Å². The first-order chi connectivity index (χ1) is 9.19. The van der Waals surface area contributed by atoms with Crippen LogP contribution in [0.15, 0.2) is 0 Å². The van der Waals surface area contributed by atoms with Gasteiger partial charge in [-0.15, -0.1) is 0 Å². The summed E-state index contributed by atoms with van der Waals surface area (Å²) in [7, 11) is 0. The Morgan fingerprint density at radius 3 is 2.45 bits per heavy atom. The first kappa shape index (κ1) is 16.8. The van der Waals surface area contributed by atoms with Crippen molar-refractivity contribution in [1.82, 2.24) is 10.6 Å². The first-order valence-corrected chi connectivity index (χ1v) is 7.46. The van der Waals surface area contributed by atoms with E-state index in [1.807, 2.05) is 34.6 Å². The van der Waals surface area contributed by atoms with Crippen molar-refractivity contribution in [1.29, 1.82) is 0 Å². The van der Waals surface area contributed by atoms with Crippen molar-refractivity contribution in [3.05, 3.63) is 0 Å². The van der Waals surface area contributed by atoms with Crippen LogP contribution in [0.3, 0.4) is 0 Å². The third-order valence-corrected chi connectivity index (χ3v) is 3.42. The topological polar surface area (TPSA) is 67.4 Å². The van der Waals surface area contributed by atoms with E-state index in [0.29, 0.717) is 12.5 Å². The molecule has 1 aliphatic carbocycles.